The van der Waals surface area contributed by atoms with Gasteiger partial charge in [-0.2, -0.15) is 4.98 Å². The summed E-state index contributed by atoms with van der Waals surface area (Å²) in [6, 6.07) is 31.7. The SMILES string of the molecule is O=C(O)[C@H]1CC[C@H](Oc2ccc(-c3ccc(OCc4ccccc4)nc3OCc3ccccc3)cc2)CC1. The molecule has 0 aliphatic heterocycles. The lowest BCUT2D eigenvalue weighted by Crippen LogP contribution is -2.27. The van der Waals surface area contributed by atoms with Crippen molar-refractivity contribution in [2.75, 3.05) is 0 Å². The van der Waals surface area contributed by atoms with E-state index in [0.717, 1.165) is 40.8 Å². The smallest absolute Gasteiger partial charge is 0.306 e. The first-order chi connectivity index (χ1) is 18.6. The standard InChI is InChI=1S/C32H31NO5/c34-32(35)26-13-17-28(18-14-26)38-27-15-11-25(12-16-27)29-19-20-30(36-21-23-7-3-1-4-8-23)33-31(29)37-22-24-9-5-2-6-10-24/h1-12,15-16,19-20,26,28H,13-14,17-18,21-22H2,(H,34,35)/t26-,28-. The zero-order chi connectivity index (χ0) is 26.2. The maximum absolute atomic E-state index is 11.2. The quantitative estimate of drug-likeness (QED) is 0.250. The molecule has 1 aromatic heterocycles. The molecule has 3 aromatic carbocycles. The Hall–Kier alpha value is -4.32. The Morgan fingerprint density at radius 3 is 1.95 bits per heavy atom. The van der Waals surface area contributed by atoms with Gasteiger partial charge in [-0.15, -0.1) is 0 Å². The summed E-state index contributed by atoms with van der Waals surface area (Å²) >= 11 is 0. The van der Waals surface area contributed by atoms with Gasteiger partial charge in [-0.3, -0.25) is 4.79 Å². The molecule has 0 saturated heterocycles. The maximum atomic E-state index is 11.2. The van der Waals surface area contributed by atoms with Crippen molar-refractivity contribution >= 4 is 5.97 Å². The van der Waals surface area contributed by atoms with Crippen LogP contribution in [-0.2, 0) is 18.0 Å². The minimum Gasteiger partial charge on any atom is -0.490 e. The molecule has 1 aliphatic carbocycles. The largest absolute Gasteiger partial charge is 0.490 e. The molecule has 0 radical (unpaired) electrons. The topological polar surface area (TPSA) is 77.9 Å². The van der Waals surface area contributed by atoms with E-state index >= 15 is 0 Å². The highest BCUT2D eigenvalue weighted by molar-refractivity contribution is 5.70. The van der Waals surface area contributed by atoms with Gasteiger partial charge in [0.15, 0.2) is 0 Å². The first-order valence-corrected chi connectivity index (χ1v) is 13.0. The molecule has 0 spiro atoms. The number of benzene rings is 3. The number of carbonyl (C=O) groups is 1. The minimum absolute atomic E-state index is 0.0453. The van der Waals surface area contributed by atoms with Crippen molar-refractivity contribution in [1.29, 1.82) is 0 Å². The second-order valence-electron chi connectivity index (χ2n) is 9.50. The normalized spacial score (nSPS) is 16.9. The van der Waals surface area contributed by atoms with E-state index in [1.807, 2.05) is 97.1 Å². The van der Waals surface area contributed by atoms with E-state index in [1.54, 1.807) is 0 Å². The van der Waals surface area contributed by atoms with Crippen LogP contribution < -0.4 is 14.2 Å². The molecule has 5 rings (SSSR count). The van der Waals surface area contributed by atoms with Crippen molar-refractivity contribution in [2.24, 2.45) is 5.92 Å². The average molecular weight is 510 g/mol. The first-order valence-electron chi connectivity index (χ1n) is 13.0. The molecule has 4 aromatic rings. The monoisotopic (exact) mass is 509 g/mol. The van der Waals surface area contributed by atoms with Gasteiger partial charge in [0.25, 0.3) is 0 Å². The lowest BCUT2D eigenvalue weighted by Gasteiger charge is -2.26. The zero-order valence-corrected chi connectivity index (χ0v) is 21.2. The summed E-state index contributed by atoms with van der Waals surface area (Å²) in [5.41, 5.74) is 3.94. The van der Waals surface area contributed by atoms with Gasteiger partial charge in [0.2, 0.25) is 11.8 Å². The van der Waals surface area contributed by atoms with Crippen LogP contribution in [0.5, 0.6) is 17.5 Å². The van der Waals surface area contributed by atoms with Crippen molar-refractivity contribution in [3.63, 3.8) is 0 Å². The predicted octanol–water partition coefficient (Wildman–Crippen LogP) is 6.93. The summed E-state index contributed by atoms with van der Waals surface area (Å²) in [6.45, 7) is 0.814. The number of carboxylic acids is 1. The Kier molecular flexibility index (Phi) is 8.19. The number of pyridine rings is 1. The van der Waals surface area contributed by atoms with E-state index in [0.29, 0.717) is 37.8 Å². The van der Waals surface area contributed by atoms with Gasteiger partial charge in [-0.1, -0.05) is 72.8 Å². The number of aromatic nitrogens is 1. The van der Waals surface area contributed by atoms with E-state index in [-0.39, 0.29) is 12.0 Å². The van der Waals surface area contributed by atoms with Crippen LogP contribution in [0.3, 0.4) is 0 Å². The second-order valence-corrected chi connectivity index (χ2v) is 9.50. The van der Waals surface area contributed by atoms with Crippen LogP contribution >= 0.6 is 0 Å². The highest BCUT2D eigenvalue weighted by Crippen LogP contribution is 2.33. The van der Waals surface area contributed by atoms with Gasteiger partial charge < -0.3 is 19.3 Å². The molecular formula is C32H31NO5. The van der Waals surface area contributed by atoms with E-state index in [4.69, 9.17) is 19.2 Å². The first kappa shape index (κ1) is 25.3. The van der Waals surface area contributed by atoms with Crippen molar-refractivity contribution in [1.82, 2.24) is 4.98 Å². The molecule has 1 aliphatic rings. The molecule has 38 heavy (non-hydrogen) atoms. The molecule has 0 atom stereocenters. The Bertz CT molecular complexity index is 1320. The predicted molar refractivity (Wildman–Crippen MR) is 145 cm³/mol. The van der Waals surface area contributed by atoms with Gasteiger partial charge in [-0.05, 0) is 60.6 Å². The fourth-order valence-electron chi connectivity index (χ4n) is 4.62. The second kappa shape index (κ2) is 12.3. The molecule has 0 bridgehead atoms. The summed E-state index contributed by atoms with van der Waals surface area (Å²) in [4.78, 5) is 15.9. The van der Waals surface area contributed by atoms with Crippen LogP contribution in [0.4, 0.5) is 0 Å². The number of ether oxygens (including phenoxy) is 3. The molecule has 1 heterocycles. The summed E-state index contributed by atoms with van der Waals surface area (Å²) in [5, 5.41) is 9.21. The highest BCUT2D eigenvalue weighted by atomic mass is 16.5. The van der Waals surface area contributed by atoms with Gasteiger partial charge in [-0.25, -0.2) is 0 Å². The third kappa shape index (κ3) is 6.71. The Labute approximate surface area is 222 Å². The minimum atomic E-state index is -0.705. The summed E-state index contributed by atoms with van der Waals surface area (Å²) in [6.07, 6.45) is 2.87. The molecule has 1 N–H and O–H groups in total. The average Bonchev–Trinajstić information content (AvgIpc) is 2.97. The van der Waals surface area contributed by atoms with Crippen LogP contribution in [-0.4, -0.2) is 22.2 Å². The third-order valence-electron chi connectivity index (χ3n) is 6.77. The number of hydrogen-bond donors (Lipinski definition) is 1. The highest BCUT2D eigenvalue weighted by Gasteiger charge is 2.27. The summed E-state index contributed by atoms with van der Waals surface area (Å²) in [7, 11) is 0. The summed E-state index contributed by atoms with van der Waals surface area (Å²) < 4.78 is 18.3. The van der Waals surface area contributed by atoms with E-state index in [9.17, 15) is 9.90 Å². The third-order valence-corrected chi connectivity index (χ3v) is 6.77. The van der Waals surface area contributed by atoms with Crippen LogP contribution in [0, 0.1) is 5.92 Å². The number of nitrogens with zero attached hydrogens (tertiary/aromatic N) is 1. The van der Waals surface area contributed by atoms with E-state index < -0.39 is 5.97 Å². The Morgan fingerprint density at radius 2 is 1.34 bits per heavy atom. The molecule has 1 saturated carbocycles. The maximum Gasteiger partial charge on any atom is 0.306 e. The fraction of sp³-hybridized carbons (Fsp3) is 0.250. The number of carboxylic acid groups (broad SMARTS) is 1. The number of aliphatic carboxylic acids is 1. The van der Waals surface area contributed by atoms with Gasteiger partial charge in [0, 0.05) is 11.6 Å². The summed E-state index contributed by atoms with van der Waals surface area (Å²) in [5.74, 6) is 0.814. The molecular weight excluding hydrogens is 478 g/mol. The Balaban J connectivity index is 1.30. The van der Waals surface area contributed by atoms with Gasteiger partial charge >= 0.3 is 5.97 Å². The molecule has 6 heteroatoms. The zero-order valence-electron chi connectivity index (χ0n) is 21.2. The van der Waals surface area contributed by atoms with E-state index in [2.05, 4.69) is 0 Å². The van der Waals surface area contributed by atoms with Crippen LogP contribution in [0.25, 0.3) is 11.1 Å². The van der Waals surface area contributed by atoms with Gasteiger partial charge in [0.1, 0.15) is 19.0 Å². The van der Waals surface area contributed by atoms with Crippen molar-refractivity contribution in [3.8, 4) is 28.6 Å². The molecule has 194 valence electrons. The van der Waals surface area contributed by atoms with Crippen molar-refractivity contribution in [3.05, 3.63) is 108 Å². The molecule has 0 unspecified atom stereocenters. The lowest BCUT2D eigenvalue weighted by atomic mass is 9.87. The van der Waals surface area contributed by atoms with Crippen LogP contribution in [0.1, 0.15) is 36.8 Å². The fourth-order valence-corrected chi connectivity index (χ4v) is 4.62. The van der Waals surface area contributed by atoms with Crippen LogP contribution in [0.2, 0.25) is 0 Å². The van der Waals surface area contributed by atoms with Crippen molar-refractivity contribution in [2.45, 2.75) is 45.0 Å². The van der Waals surface area contributed by atoms with Crippen LogP contribution in [0.15, 0.2) is 97.1 Å². The van der Waals surface area contributed by atoms with Crippen molar-refractivity contribution < 1.29 is 24.1 Å². The molecule has 1 fully saturated rings. The van der Waals surface area contributed by atoms with Gasteiger partial charge in [0.05, 0.1) is 12.0 Å². The lowest BCUT2D eigenvalue weighted by molar-refractivity contribution is -0.143. The molecule has 0 amide bonds. The Morgan fingerprint density at radius 1 is 0.737 bits per heavy atom. The van der Waals surface area contributed by atoms with E-state index in [1.165, 1.54) is 0 Å². The number of hydrogen-bond acceptors (Lipinski definition) is 5. The molecule has 6 nitrogen and oxygen atoms in total. The number of rotatable bonds is 10.